The van der Waals surface area contributed by atoms with Gasteiger partial charge in [0, 0.05) is 12.3 Å². The minimum atomic E-state index is 0.181. The molecule has 1 N–H and O–H groups in total. The maximum atomic E-state index is 13.0. The number of allylic oxidation sites excluding steroid dienone is 2. The third-order valence-corrected chi connectivity index (χ3v) is 8.97. The zero-order valence-corrected chi connectivity index (χ0v) is 20.7. The van der Waals surface area contributed by atoms with Gasteiger partial charge in [-0.05, 0) is 104 Å². The van der Waals surface area contributed by atoms with E-state index in [1.54, 1.807) is 6.07 Å². The average molecular weight is 425 g/mol. The highest BCUT2D eigenvalue weighted by Gasteiger charge is 2.54. The standard InChI is InChI=1S/C29H44O2/c1-7-22(19(2)3)10-8-21(5)26-14-15-27-25(28(31)16-17-29(26,27)6)13-11-23-18-24(30)12-9-20(23)4/h8-10,12,18-19,21-22,25-27,30H,7,11,13-17H2,1-6H3/b10-8+/t21-,22?,25+,26-,27+,29-/m1/s1. The van der Waals surface area contributed by atoms with E-state index in [1.807, 2.05) is 12.1 Å². The van der Waals surface area contributed by atoms with Gasteiger partial charge in [0.15, 0.2) is 0 Å². The molecule has 1 unspecified atom stereocenters. The fourth-order valence-electron chi connectivity index (χ4n) is 6.87. The molecule has 1 aromatic carbocycles. The van der Waals surface area contributed by atoms with Crippen LogP contribution in [-0.2, 0) is 11.2 Å². The molecule has 2 aliphatic carbocycles. The number of benzene rings is 1. The van der Waals surface area contributed by atoms with E-state index in [2.05, 4.69) is 53.7 Å². The monoisotopic (exact) mass is 424 g/mol. The second-order valence-corrected chi connectivity index (χ2v) is 11.1. The topological polar surface area (TPSA) is 37.3 Å². The number of phenols is 1. The third-order valence-electron chi connectivity index (χ3n) is 8.97. The van der Waals surface area contributed by atoms with Crippen LogP contribution in [0.25, 0.3) is 0 Å². The Morgan fingerprint density at radius 1 is 1.19 bits per heavy atom. The van der Waals surface area contributed by atoms with Crippen molar-refractivity contribution in [3.63, 3.8) is 0 Å². The van der Waals surface area contributed by atoms with Gasteiger partial charge in [-0.15, -0.1) is 0 Å². The first-order chi connectivity index (χ1) is 14.7. The van der Waals surface area contributed by atoms with Gasteiger partial charge in [-0.1, -0.05) is 52.8 Å². The second kappa shape index (κ2) is 9.92. The number of hydrogen-bond acceptors (Lipinski definition) is 2. The Hall–Kier alpha value is -1.57. The maximum absolute atomic E-state index is 13.0. The van der Waals surface area contributed by atoms with E-state index >= 15 is 0 Å². The highest BCUT2D eigenvalue weighted by Crippen LogP contribution is 2.59. The summed E-state index contributed by atoms with van der Waals surface area (Å²) in [6.07, 6.45) is 12.2. The minimum absolute atomic E-state index is 0.181. The van der Waals surface area contributed by atoms with Crippen LogP contribution in [0.2, 0.25) is 0 Å². The number of carbonyl (C=O) groups is 1. The molecule has 2 aliphatic rings. The summed E-state index contributed by atoms with van der Waals surface area (Å²) in [6, 6.07) is 5.61. The maximum Gasteiger partial charge on any atom is 0.136 e. The fourth-order valence-corrected chi connectivity index (χ4v) is 6.87. The SMILES string of the molecule is CCC(/C=C/[C@@H](C)[C@H]1CC[C@H]2[C@H](CCc3cc(O)ccc3C)C(=O)CC[C@]12C)C(C)C. The van der Waals surface area contributed by atoms with Crippen molar-refractivity contribution in [1.82, 2.24) is 0 Å². The predicted octanol–water partition coefficient (Wildman–Crippen LogP) is 7.52. The summed E-state index contributed by atoms with van der Waals surface area (Å²) in [7, 11) is 0. The average Bonchev–Trinajstić information content (AvgIpc) is 3.07. The minimum Gasteiger partial charge on any atom is -0.508 e. The molecule has 0 bridgehead atoms. The van der Waals surface area contributed by atoms with Gasteiger partial charge in [0.2, 0.25) is 0 Å². The summed E-state index contributed by atoms with van der Waals surface area (Å²) in [4.78, 5) is 13.0. The Balaban J connectivity index is 1.72. The number of hydrogen-bond donors (Lipinski definition) is 1. The first kappa shape index (κ1) is 24.1. The van der Waals surface area contributed by atoms with Crippen LogP contribution >= 0.6 is 0 Å². The number of fused-ring (bicyclic) bond motifs is 1. The van der Waals surface area contributed by atoms with Crippen molar-refractivity contribution in [2.45, 2.75) is 86.5 Å². The highest BCUT2D eigenvalue weighted by molar-refractivity contribution is 5.82. The van der Waals surface area contributed by atoms with Gasteiger partial charge in [0.1, 0.15) is 11.5 Å². The molecule has 0 spiro atoms. The Morgan fingerprint density at radius 2 is 1.94 bits per heavy atom. The highest BCUT2D eigenvalue weighted by atomic mass is 16.3. The molecule has 2 saturated carbocycles. The van der Waals surface area contributed by atoms with Gasteiger partial charge >= 0.3 is 0 Å². The number of carbonyl (C=O) groups excluding carboxylic acids is 1. The van der Waals surface area contributed by atoms with Gasteiger partial charge in [-0.2, -0.15) is 0 Å². The van der Waals surface area contributed by atoms with Crippen LogP contribution < -0.4 is 0 Å². The Bertz CT molecular complexity index is 792. The summed E-state index contributed by atoms with van der Waals surface area (Å²) >= 11 is 0. The summed E-state index contributed by atoms with van der Waals surface area (Å²) < 4.78 is 0. The van der Waals surface area contributed by atoms with Crippen LogP contribution in [0.1, 0.15) is 84.3 Å². The molecule has 0 heterocycles. The largest absolute Gasteiger partial charge is 0.508 e. The van der Waals surface area contributed by atoms with E-state index < -0.39 is 0 Å². The zero-order chi connectivity index (χ0) is 22.8. The number of phenolic OH excluding ortho intramolecular Hbond substituents is 1. The molecule has 2 nitrogen and oxygen atoms in total. The van der Waals surface area contributed by atoms with Crippen molar-refractivity contribution >= 4 is 5.78 Å². The van der Waals surface area contributed by atoms with Crippen LogP contribution in [0.5, 0.6) is 5.75 Å². The molecule has 2 fully saturated rings. The number of rotatable bonds is 8. The quantitative estimate of drug-likeness (QED) is 0.438. The first-order valence-electron chi connectivity index (χ1n) is 12.7. The van der Waals surface area contributed by atoms with Crippen molar-refractivity contribution in [3.8, 4) is 5.75 Å². The van der Waals surface area contributed by atoms with Crippen LogP contribution in [0.3, 0.4) is 0 Å². The Kier molecular flexibility index (Phi) is 7.71. The molecular weight excluding hydrogens is 380 g/mol. The van der Waals surface area contributed by atoms with Gasteiger partial charge in [0.05, 0.1) is 0 Å². The second-order valence-electron chi connectivity index (χ2n) is 11.1. The Morgan fingerprint density at radius 3 is 2.61 bits per heavy atom. The van der Waals surface area contributed by atoms with E-state index in [0.29, 0.717) is 41.1 Å². The molecule has 0 aromatic heterocycles. The van der Waals surface area contributed by atoms with E-state index in [9.17, 15) is 9.90 Å². The van der Waals surface area contributed by atoms with Crippen molar-refractivity contribution in [1.29, 1.82) is 0 Å². The van der Waals surface area contributed by atoms with Gasteiger partial charge < -0.3 is 5.11 Å². The van der Waals surface area contributed by atoms with E-state index in [0.717, 1.165) is 25.7 Å². The molecule has 0 aliphatic heterocycles. The zero-order valence-electron chi connectivity index (χ0n) is 20.7. The number of aryl methyl sites for hydroxylation is 2. The van der Waals surface area contributed by atoms with Crippen molar-refractivity contribution in [2.24, 2.45) is 40.9 Å². The number of aromatic hydroxyl groups is 1. The van der Waals surface area contributed by atoms with Gasteiger partial charge in [0.25, 0.3) is 0 Å². The van der Waals surface area contributed by atoms with Gasteiger partial charge in [-0.25, -0.2) is 0 Å². The molecule has 3 rings (SSSR count). The van der Waals surface area contributed by atoms with Crippen molar-refractivity contribution in [3.05, 3.63) is 41.5 Å². The van der Waals surface area contributed by atoms with E-state index in [1.165, 1.54) is 30.4 Å². The molecule has 172 valence electrons. The molecule has 0 amide bonds. The van der Waals surface area contributed by atoms with E-state index in [-0.39, 0.29) is 11.3 Å². The predicted molar refractivity (Wildman–Crippen MR) is 130 cm³/mol. The van der Waals surface area contributed by atoms with Crippen LogP contribution in [0.4, 0.5) is 0 Å². The number of ketones is 1. The molecule has 2 heteroatoms. The summed E-state index contributed by atoms with van der Waals surface area (Å²) in [5.41, 5.74) is 2.67. The molecule has 0 radical (unpaired) electrons. The smallest absolute Gasteiger partial charge is 0.136 e. The fraction of sp³-hybridized carbons (Fsp3) is 0.690. The summed E-state index contributed by atoms with van der Waals surface area (Å²) in [6.45, 7) is 13.9. The summed E-state index contributed by atoms with van der Waals surface area (Å²) in [5.74, 6) is 4.11. The van der Waals surface area contributed by atoms with Gasteiger partial charge in [-0.3, -0.25) is 4.79 Å². The lowest BCUT2D eigenvalue weighted by Gasteiger charge is -2.46. The third kappa shape index (κ3) is 5.10. The molecule has 1 aromatic rings. The molecule has 0 saturated heterocycles. The molecular formula is C29H44O2. The molecule has 6 atom stereocenters. The normalized spacial score (nSPS) is 30.7. The number of Topliss-reactive ketones (excluding diaryl/α,β-unsaturated/α-hetero) is 1. The lowest BCUT2D eigenvalue weighted by atomic mass is 9.58. The van der Waals surface area contributed by atoms with Crippen molar-refractivity contribution in [2.75, 3.05) is 0 Å². The lowest BCUT2D eigenvalue weighted by Crippen LogP contribution is -2.43. The Labute approximate surface area is 190 Å². The van der Waals surface area contributed by atoms with Crippen LogP contribution in [0, 0.1) is 47.8 Å². The lowest BCUT2D eigenvalue weighted by molar-refractivity contribution is -0.132. The van der Waals surface area contributed by atoms with Crippen LogP contribution in [0.15, 0.2) is 30.4 Å². The first-order valence-corrected chi connectivity index (χ1v) is 12.7. The van der Waals surface area contributed by atoms with Crippen molar-refractivity contribution < 1.29 is 9.90 Å². The molecule has 31 heavy (non-hydrogen) atoms. The van der Waals surface area contributed by atoms with E-state index in [4.69, 9.17) is 0 Å². The van der Waals surface area contributed by atoms with Crippen LogP contribution in [-0.4, -0.2) is 10.9 Å². The summed E-state index contributed by atoms with van der Waals surface area (Å²) in [5, 5.41) is 9.88.